The van der Waals surface area contributed by atoms with Gasteiger partial charge < -0.3 is 0 Å². The van der Waals surface area contributed by atoms with E-state index >= 15 is 0 Å². The Morgan fingerprint density at radius 1 is 1.18 bits per heavy atom. The number of anilines is 1. The monoisotopic (exact) mass is 291 g/mol. The fraction of sp³-hybridized carbons (Fsp3) is 0. The number of hydrogen-bond acceptors (Lipinski definition) is 3. The third-order valence-electron chi connectivity index (χ3n) is 1.90. The van der Waals surface area contributed by atoms with Crippen molar-refractivity contribution in [1.29, 1.82) is 0 Å². The molecule has 8 heteroatoms. The second kappa shape index (κ2) is 4.56. The van der Waals surface area contributed by atoms with Crippen LogP contribution in [0.25, 0.3) is 0 Å². The average molecular weight is 292 g/mol. The van der Waals surface area contributed by atoms with Crippen molar-refractivity contribution in [2.45, 2.75) is 4.90 Å². The lowest BCUT2D eigenvalue weighted by Crippen LogP contribution is -2.12. The Kier molecular flexibility index (Phi) is 3.28. The molecule has 0 saturated carbocycles. The number of hydrogen-bond donors (Lipinski definition) is 2. The lowest BCUT2D eigenvalue weighted by atomic mass is 10.3. The maximum Gasteiger partial charge on any atom is 0.265 e. The van der Waals surface area contributed by atoms with Gasteiger partial charge in [0.1, 0.15) is 4.90 Å². The van der Waals surface area contributed by atoms with Crippen LogP contribution in [-0.4, -0.2) is 18.6 Å². The number of H-pyrrole nitrogens is 1. The zero-order chi connectivity index (χ0) is 12.5. The molecule has 0 atom stereocenters. The van der Waals surface area contributed by atoms with Crippen LogP contribution in [0.2, 0.25) is 10.0 Å². The highest BCUT2D eigenvalue weighted by atomic mass is 35.5. The fourth-order valence-electron chi connectivity index (χ4n) is 1.21. The van der Waals surface area contributed by atoms with Crippen molar-refractivity contribution in [1.82, 2.24) is 10.2 Å². The highest BCUT2D eigenvalue weighted by Gasteiger charge is 2.15. The Labute approximate surface area is 108 Å². The van der Waals surface area contributed by atoms with E-state index in [9.17, 15) is 8.42 Å². The molecule has 0 bridgehead atoms. The van der Waals surface area contributed by atoms with E-state index in [1.165, 1.54) is 30.6 Å². The molecule has 1 aromatic heterocycles. The third kappa shape index (κ3) is 2.91. The van der Waals surface area contributed by atoms with E-state index in [2.05, 4.69) is 14.9 Å². The SMILES string of the molecule is O=S(=O)(Nc1cc(Cl)cc(Cl)c1)c1cn[nH]c1. The van der Waals surface area contributed by atoms with Gasteiger partial charge >= 0.3 is 0 Å². The number of benzene rings is 1. The predicted molar refractivity (Wildman–Crippen MR) is 65.9 cm³/mol. The van der Waals surface area contributed by atoms with E-state index in [1.54, 1.807) is 0 Å². The molecule has 0 aliphatic heterocycles. The van der Waals surface area contributed by atoms with Gasteiger partial charge in [-0.1, -0.05) is 23.2 Å². The normalized spacial score (nSPS) is 11.4. The topological polar surface area (TPSA) is 74.8 Å². The average Bonchev–Trinajstić information content (AvgIpc) is 2.67. The molecule has 0 unspecified atom stereocenters. The number of aromatic nitrogens is 2. The smallest absolute Gasteiger partial charge is 0.265 e. The van der Waals surface area contributed by atoms with Gasteiger partial charge in [0.2, 0.25) is 0 Å². The molecular formula is C9H7Cl2N3O2S. The quantitative estimate of drug-likeness (QED) is 0.912. The van der Waals surface area contributed by atoms with Crippen molar-refractivity contribution in [2.75, 3.05) is 4.72 Å². The molecule has 5 nitrogen and oxygen atoms in total. The Morgan fingerprint density at radius 3 is 2.35 bits per heavy atom. The standard InChI is InChI=1S/C9H7Cl2N3O2S/c10-6-1-7(11)3-8(2-6)14-17(15,16)9-4-12-13-5-9/h1-5,14H,(H,12,13). The molecule has 0 aliphatic carbocycles. The number of aromatic amines is 1. The first kappa shape index (κ1) is 12.2. The predicted octanol–water partition coefficient (Wildman–Crippen LogP) is 2.52. The zero-order valence-corrected chi connectivity index (χ0v) is 10.6. The molecule has 0 aliphatic rings. The highest BCUT2D eigenvalue weighted by Crippen LogP contribution is 2.24. The number of nitrogens with zero attached hydrogens (tertiary/aromatic N) is 1. The van der Waals surface area contributed by atoms with Gasteiger partial charge in [0.15, 0.2) is 0 Å². The summed E-state index contributed by atoms with van der Waals surface area (Å²) in [5.41, 5.74) is 0.295. The first-order chi connectivity index (χ1) is 7.97. The molecule has 0 amide bonds. The van der Waals surface area contributed by atoms with E-state index in [0.717, 1.165) is 0 Å². The summed E-state index contributed by atoms with van der Waals surface area (Å²) in [6, 6.07) is 4.44. The molecular weight excluding hydrogens is 285 g/mol. The van der Waals surface area contributed by atoms with Crippen molar-refractivity contribution >= 4 is 38.9 Å². The van der Waals surface area contributed by atoms with Gasteiger partial charge in [-0.05, 0) is 18.2 Å². The molecule has 0 saturated heterocycles. The highest BCUT2D eigenvalue weighted by molar-refractivity contribution is 7.92. The van der Waals surface area contributed by atoms with Gasteiger partial charge in [0.05, 0.1) is 11.9 Å². The summed E-state index contributed by atoms with van der Waals surface area (Å²) in [7, 11) is -3.66. The Bertz CT molecular complexity index is 605. The summed E-state index contributed by atoms with van der Waals surface area (Å²) in [6.45, 7) is 0. The summed E-state index contributed by atoms with van der Waals surface area (Å²) < 4.78 is 26.0. The first-order valence-electron chi connectivity index (χ1n) is 4.45. The molecule has 0 radical (unpaired) electrons. The minimum Gasteiger partial charge on any atom is -0.284 e. The molecule has 2 N–H and O–H groups in total. The number of halogens is 2. The van der Waals surface area contributed by atoms with Crippen LogP contribution < -0.4 is 4.72 Å². The largest absolute Gasteiger partial charge is 0.284 e. The van der Waals surface area contributed by atoms with Crippen molar-refractivity contribution in [2.24, 2.45) is 0 Å². The van der Waals surface area contributed by atoms with Crippen molar-refractivity contribution in [3.05, 3.63) is 40.6 Å². The molecule has 2 rings (SSSR count). The summed E-state index contributed by atoms with van der Waals surface area (Å²) in [5, 5.41) is 6.69. The van der Waals surface area contributed by atoms with Crippen LogP contribution >= 0.6 is 23.2 Å². The van der Waals surface area contributed by atoms with Gasteiger partial charge in [-0.15, -0.1) is 0 Å². The van der Waals surface area contributed by atoms with Crippen LogP contribution in [-0.2, 0) is 10.0 Å². The molecule has 2 aromatic rings. The number of sulfonamides is 1. The molecule has 17 heavy (non-hydrogen) atoms. The minimum atomic E-state index is -3.66. The van der Waals surface area contributed by atoms with Crippen LogP contribution in [0.5, 0.6) is 0 Å². The van der Waals surface area contributed by atoms with Crippen LogP contribution in [0, 0.1) is 0 Å². The van der Waals surface area contributed by atoms with E-state index < -0.39 is 10.0 Å². The molecule has 0 spiro atoms. The van der Waals surface area contributed by atoms with Gasteiger partial charge in [0.25, 0.3) is 10.0 Å². The van der Waals surface area contributed by atoms with E-state index in [4.69, 9.17) is 23.2 Å². The lowest BCUT2D eigenvalue weighted by Gasteiger charge is -2.06. The van der Waals surface area contributed by atoms with E-state index in [-0.39, 0.29) is 4.90 Å². The second-order valence-corrected chi connectivity index (χ2v) is 5.75. The third-order valence-corrected chi connectivity index (χ3v) is 3.68. The lowest BCUT2D eigenvalue weighted by molar-refractivity contribution is 0.601. The van der Waals surface area contributed by atoms with Crippen LogP contribution in [0.4, 0.5) is 5.69 Å². The van der Waals surface area contributed by atoms with Gasteiger partial charge in [-0.2, -0.15) is 5.10 Å². The van der Waals surface area contributed by atoms with Gasteiger partial charge in [0, 0.05) is 16.2 Å². The Balaban J connectivity index is 2.33. The zero-order valence-electron chi connectivity index (χ0n) is 8.31. The first-order valence-corrected chi connectivity index (χ1v) is 6.69. The van der Waals surface area contributed by atoms with Crippen molar-refractivity contribution in [3.63, 3.8) is 0 Å². The van der Waals surface area contributed by atoms with Crippen LogP contribution in [0.1, 0.15) is 0 Å². The molecule has 1 heterocycles. The summed E-state index contributed by atoms with van der Waals surface area (Å²) in [4.78, 5) is 0.0357. The Hall–Kier alpha value is -1.24. The molecule has 0 fully saturated rings. The summed E-state index contributed by atoms with van der Waals surface area (Å²) in [6.07, 6.45) is 2.48. The van der Waals surface area contributed by atoms with E-state index in [0.29, 0.717) is 15.7 Å². The van der Waals surface area contributed by atoms with Crippen LogP contribution in [0.3, 0.4) is 0 Å². The molecule has 1 aromatic carbocycles. The second-order valence-electron chi connectivity index (χ2n) is 3.20. The fourth-order valence-corrected chi connectivity index (χ4v) is 2.68. The van der Waals surface area contributed by atoms with Crippen molar-refractivity contribution < 1.29 is 8.42 Å². The number of nitrogens with one attached hydrogen (secondary N) is 2. The summed E-state index contributed by atoms with van der Waals surface area (Å²) >= 11 is 11.5. The molecule has 90 valence electrons. The van der Waals surface area contributed by atoms with Gasteiger partial charge in [-0.25, -0.2) is 8.42 Å². The van der Waals surface area contributed by atoms with Crippen LogP contribution in [0.15, 0.2) is 35.5 Å². The van der Waals surface area contributed by atoms with Crippen molar-refractivity contribution in [3.8, 4) is 0 Å². The Morgan fingerprint density at radius 2 is 1.82 bits per heavy atom. The summed E-state index contributed by atoms with van der Waals surface area (Å²) in [5.74, 6) is 0. The van der Waals surface area contributed by atoms with E-state index in [1.807, 2.05) is 0 Å². The number of rotatable bonds is 3. The maximum atomic E-state index is 11.8. The van der Waals surface area contributed by atoms with Gasteiger partial charge in [-0.3, -0.25) is 9.82 Å². The minimum absolute atomic E-state index is 0.0357. The maximum absolute atomic E-state index is 11.8.